The molecule has 0 aliphatic carbocycles. The molecule has 0 radical (unpaired) electrons. The van der Waals surface area contributed by atoms with E-state index in [1.165, 1.54) is 0 Å². The lowest BCUT2D eigenvalue weighted by atomic mass is 10.1. The summed E-state index contributed by atoms with van der Waals surface area (Å²) in [6.07, 6.45) is 0. The Labute approximate surface area is 123 Å². The molecule has 0 aliphatic rings. The fraction of sp³-hybridized carbons (Fsp3) is 0.571. The molecular formula is C14H23BrN2O2. The molecule has 4 nitrogen and oxygen atoms in total. The first-order chi connectivity index (χ1) is 8.84. The Morgan fingerprint density at radius 3 is 2.63 bits per heavy atom. The van der Waals surface area contributed by atoms with E-state index in [0.717, 1.165) is 15.8 Å². The Balaban J connectivity index is 2.47. The lowest BCUT2D eigenvalue weighted by Crippen LogP contribution is -2.45. The van der Waals surface area contributed by atoms with E-state index in [9.17, 15) is 5.11 Å². The van der Waals surface area contributed by atoms with Crippen LogP contribution in [0.4, 0.5) is 0 Å². The SMILES string of the molecule is COc1ccc(CNCC(C)(O)CN(C)C)cc1Br. The zero-order chi connectivity index (χ0) is 14.5. The van der Waals surface area contributed by atoms with E-state index in [-0.39, 0.29) is 0 Å². The number of methoxy groups -OCH3 is 1. The highest BCUT2D eigenvalue weighted by atomic mass is 79.9. The maximum Gasteiger partial charge on any atom is 0.133 e. The molecular weight excluding hydrogens is 308 g/mol. The van der Waals surface area contributed by atoms with Gasteiger partial charge in [-0.25, -0.2) is 0 Å². The number of halogens is 1. The van der Waals surface area contributed by atoms with Crippen molar-refractivity contribution in [2.75, 3.05) is 34.3 Å². The van der Waals surface area contributed by atoms with Gasteiger partial charge in [0, 0.05) is 19.6 Å². The van der Waals surface area contributed by atoms with Gasteiger partial charge in [0.2, 0.25) is 0 Å². The molecule has 1 aromatic rings. The number of nitrogens with zero attached hydrogens (tertiary/aromatic N) is 1. The minimum atomic E-state index is -0.729. The Morgan fingerprint density at radius 2 is 2.11 bits per heavy atom. The normalized spacial score (nSPS) is 14.5. The average Bonchev–Trinajstić information content (AvgIpc) is 2.27. The zero-order valence-corrected chi connectivity index (χ0v) is 13.6. The summed E-state index contributed by atoms with van der Waals surface area (Å²) in [6.45, 7) is 3.73. The van der Waals surface area contributed by atoms with Gasteiger partial charge < -0.3 is 20.1 Å². The summed E-state index contributed by atoms with van der Waals surface area (Å²) in [5, 5.41) is 13.4. The monoisotopic (exact) mass is 330 g/mol. The van der Waals surface area contributed by atoms with Gasteiger partial charge in [-0.05, 0) is 54.6 Å². The van der Waals surface area contributed by atoms with E-state index in [1.54, 1.807) is 7.11 Å². The average molecular weight is 331 g/mol. The molecule has 108 valence electrons. The molecule has 0 spiro atoms. The van der Waals surface area contributed by atoms with Crippen LogP contribution in [0.1, 0.15) is 12.5 Å². The number of ether oxygens (including phenoxy) is 1. The molecule has 1 unspecified atom stereocenters. The topological polar surface area (TPSA) is 44.7 Å². The molecule has 1 aromatic carbocycles. The first-order valence-electron chi connectivity index (χ1n) is 6.24. The van der Waals surface area contributed by atoms with Crippen molar-refractivity contribution in [3.8, 4) is 5.75 Å². The fourth-order valence-electron chi connectivity index (χ4n) is 2.03. The quantitative estimate of drug-likeness (QED) is 0.801. The standard InChI is InChI=1S/C14H23BrN2O2/c1-14(18,10-17(2)3)9-16-8-11-5-6-13(19-4)12(15)7-11/h5-7,16,18H,8-10H2,1-4H3. The maximum atomic E-state index is 10.2. The molecule has 0 heterocycles. The number of likely N-dealkylation sites (N-methyl/N-ethyl adjacent to an activating group) is 1. The minimum absolute atomic E-state index is 0.550. The van der Waals surface area contributed by atoms with Crippen LogP contribution in [0.5, 0.6) is 5.75 Å². The van der Waals surface area contributed by atoms with Crippen molar-refractivity contribution < 1.29 is 9.84 Å². The van der Waals surface area contributed by atoms with Crippen LogP contribution >= 0.6 is 15.9 Å². The Kier molecular flexibility index (Phi) is 6.26. The van der Waals surface area contributed by atoms with Gasteiger partial charge in [0.25, 0.3) is 0 Å². The molecule has 0 aliphatic heterocycles. The second kappa shape index (κ2) is 7.24. The number of nitrogens with one attached hydrogen (secondary N) is 1. The Hall–Kier alpha value is -0.620. The van der Waals surface area contributed by atoms with Crippen molar-refractivity contribution in [3.63, 3.8) is 0 Å². The van der Waals surface area contributed by atoms with Gasteiger partial charge in [-0.2, -0.15) is 0 Å². The summed E-state index contributed by atoms with van der Waals surface area (Å²) in [5.74, 6) is 0.823. The lowest BCUT2D eigenvalue weighted by Gasteiger charge is -2.27. The number of aliphatic hydroxyl groups is 1. The number of hydrogen-bond acceptors (Lipinski definition) is 4. The second-order valence-corrected chi connectivity index (χ2v) is 6.16. The number of rotatable bonds is 7. The van der Waals surface area contributed by atoms with Gasteiger partial charge in [-0.3, -0.25) is 0 Å². The number of hydrogen-bond donors (Lipinski definition) is 2. The third-order valence-electron chi connectivity index (χ3n) is 2.71. The van der Waals surface area contributed by atoms with E-state index in [1.807, 2.05) is 44.1 Å². The highest BCUT2D eigenvalue weighted by Gasteiger charge is 2.20. The van der Waals surface area contributed by atoms with E-state index in [2.05, 4.69) is 21.2 Å². The van der Waals surface area contributed by atoms with Crippen LogP contribution in [-0.4, -0.2) is 49.9 Å². The van der Waals surface area contributed by atoms with E-state index in [4.69, 9.17) is 4.74 Å². The van der Waals surface area contributed by atoms with Crippen molar-refractivity contribution in [2.24, 2.45) is 0 Å². The van der Waals surface area contributed by atoms with Crippen molar-refractivity contribution in [3.05, 3.63) is 28.2 Å². The smallest absolute Gasteiger partial charge is 0.133 e. The molecule has 2 N–H and O–H groups in total. The van der Waals surface area contributed by atoms with Crippen LogP contribution < -0.4 is 10.1 Å². The summed E-state index contributed by atoms with van der Waals surface area (Å²) < 4.78 is 6.13. The van der Waals surface area contributed by atoms with Gasteiger partial charge in [0.15, 0.2) is 0 Å². The maximum absolute atomic E-state index is 10.2. The fourth-order valence-corrected chi connectivity index (χ4v) is 2.62. The predicted octanol–water partition coefficient (Wildman–Crippen LogP) is 1.86. The van der Waals surface area contributed by atoms with Crippen molar-refractivity contribution in [2.45, 2.75) is 19.1 Å². The first kappa shape index (κ1) is 16.4. The zero-order valence-electron chi connectivity index (χ0n) is 12.0. The molecule has 0 aromatic heterocycles. The van der Waals surface area contributed by atoms with Gasteiger partial charge in [-0.1, -0.05) is 6.07 Å². The van der Waals surface area contributed by atoms with Gasteiger partial charge in [-0.15, -0.1) is 0 Å². The van der Waals surface area contributed by atoms with Crippen molar-refractivity contribution in [1.29, 1.82) is 0 Å². The molecule has 0 bridgehead atoms. The summed E-state index contributed by atoms with van der Waals surface area (Å²) in [4.78, 5) is 1.98. The van der Waals surface area contributed by atoms with Gasteiger partial charge >= 0.3 is 0 Å². The van der Waals surface area contributed by atoms with E-state index < -0.39 is 5.60 Å². The van der Waals surface area contributed by atoms with E-state index in [0.29, 0.717) is 19.6 Å². The molecule has 1 atom stereocenters. The molecule has 19 heavy (non-hydrogen) atoms. The minimum Gasteiger partial charge on any atom is -0.496 e. The van der Waals surface area contributed by atoms with Crippen LogP contribution in [0.15, 0.2) is 22.7 Å². The molecule has 0 saturated carbocycles. The van der Waals surface area contributed by atoms with Crippen LogP contribution in [0.25, 0.3) is 0 Å². The van der Waals surface area contributed by atoms with Crippen LogP contribution in [0, 0.1) is 0 Å². The molecule has 0 saturated heterocycles. The summed E-state index contributed by atoms with van der Waals surface area (Å²) in [7, 11) is 5.56. The van der Waals surface area contributed by atoms with Gasteiger partial charge in [0.1, 0.15) is 5.75 Å². The number of benzene rings is 1. The second-order valence-electron chi connectivity index (χ2n) is 5.31. The van der Waals surface area contributed by atoms with Crippen molar-refractivity contribution >= 4 is 15.9 Å². The molecule has 0 fully saturated rings. The Morgan fingerprint density at radius 1 is 1.42 bits per heavy atom. The third kappa shape index (κ3) is 5.91. The lowest BCUT2D eigenvalue weighted by molar-refractivity contribution is 0.0336. The van der Waals surface area contributed by atoms with Crippen LogP contribution in [-0.2, 0) is 6.54 Å². The highest BCUT2D eigenvalue weighted by molar-refractivity contribution is 9.10. The van der Waals surface area contributed by atoms with E-state index >= 15 is 0 Å². The summed E-state index contributed by atoms with van der Waals surface area (Å²) in [5.41, 5.74) is 0.418. The third-order valence-corrected chi connectivity index (χ3v) is 3.33. The summed E-state index contributed by atoms with van der Waals surface area (Å²) >= 11 is 3.46. The van der Waals surface area contributed by atoms with Crippen molar-refractivity contribution in [1.82, 2.24) is 10.2 Å². The molecule has 5 heteroatoms. The van der Waals surface area contributed by atoms with Crippen LogP contribution in [0.3, 0.4) is 0 Å². The molecule has 1 rings (SSSR count). The summed E-state index contributed by atoms with van der Waals surface area (Å²) in [6, 6.07) is 5.96. The van der Waals surface area contributed by atoms with Gasteiger partial charge in [0.05, 0.1) is 17.2 Å². The highest BCUT2D eigenvalue weighted by Crippen LogP contribution is 2.25. The van der Waals surface area contributed by atoms with Crippen LogP contribution in [0.2, 0.25) is 0 Å². The largest absolute Gasteiger partial charge is 0.496 e. The first-order valence-corrected chi connectivity index (χ1v) is 7.03. The predicted molar refractivity (Wildman–Crippen MR) is 81.6 cm³/mol. The Bertz CT molecular complexity index is 408. The molecule has 0 amide bonds.